The summed E-state index contributed by atoms with van der Waals surface area (Å²) >= 11 is 9.67. The molecular formula is C6H12BrClZn. The Bertz CT molecular complexity index is 32.2. The van der Waals surface area contributed by atoms with Gasteiger partial charge < -0.3 is 6.92 Å². The predicted octanol–water partition coefficient (Wildman–Crippen LogP) is 3.46. The van der Waals surface area contributed by atoms with Gasteiger partial charge in [0.05, 0.1) is 0 Å². The monoisotopic (exact) mass is 262 g/mol. The molecule has 3 heteroatoms. The van der Waals surface area contributed by atoms with Gasteiger partial charge in [0.25, 0.3) is 0 Å². The van der Waals surface area contributed by atoms with Crippen LogP contribution in [-0.2, 0) is 16.3 Å². The van der Waals surface area contributed by atoms with Crippen LogP contribution in [0.25, 0.3) is 0 Å². The molecule has 0 spiro atoms. The van der Waals surface area contributed by atoms with Crippen LogP contribution in [0.2, 0.25) is 0 Å². The topological polar surface area (TPSA) is 0 Å². The molecule has 52 valence electrons. The van der Waals surface area contributed by atoms with E-state index in [0.29, 0.717) is 0 Å². The van der Waals surface area contributed by atoms with Crippen molar-refractivity contribution >= 4 is 25.2 Å². The van der Waals surface area contributed by atoms with Crippen molar-refractivity contribution in [3.05, 3.63) is 6.92 Å². The fourth-order valence-corrected chi connectivity index (χ4v) is 0.637. The molecule has 0 aromatic carbocycles. The third kappa shape index (κ3) is 17.7. The van der Waals surface area contributed by atoms with Crippen LogP contribution in [0.1, 0.15) is 25.7 Å². The number of hydrogen-bond acceptors (Lipinski definition) is 0. The quantitative estimate of drug-likeness (QED) is 0.316. The fraction of sp³-hybridized carbons (Fsp3) is 0.833. The van der Waals surface area contributed by atoms with Crippen molar-refractivity contribution in [1.82, 2.24) is 0 Å². The van der Waals surface area contributed by atoms with Crippen molar-refractivity contribution in [3.8, 4) is 0 Å². The van der Waals surface area contributed by atoms with E-state index >= 15 is 0 Å². The van der Waals surface area contributed by atoms with Gasteiger partial charge in [0.1, 0.15) is 0 Å². The molecule has 9 heavy (non-hydrogen) atoms. The summed E-state index contributed by atoms with van der Waals surface area (Å²) in [7, 11) is 0. The predicted molar refractivity (Wildman–Crippen MR) is 43.5 cm³/mol. The zero-order valence-corrected chi connectivity index (χ0v) is 11.0. The number of alkyl halides is 1. The zero-order chi connectivity index (χ0) is 7.54. The number of rotatable bonds is 4. The van der Waals surface area contributed by atoms with Gasteiger partial charge in [0.2, 0.25) is 0 Å². The minimum atomic E-state index is 0.806. The molecule has 0 aliphatic rings. The molecule has 0 unspecified atom stereocenters. The zero-order valence-electron chi connectivity index (χ0n) is 5.71. The number of unbranched alkanes of at least 4 members (excludes halogenated alkanes) is 3. The van der Waals surface area contributed by atoms with Gasteiger partial charge in [-0.3, -0.25) is 0 Å². The van der Waals surface area contributed by atoms with E-state index in [4.69, 9.17) is 11.6 Å². The Balaban J connectivity index is 0. The molecule has 0 rings (SSSR count). The van der Waals surface area contributed by atoms with E-state index in [9.17, 15) is 0 Å². The van der Waals surface area contributed by atoms with Crippen LogP contribution in [0, 0.1) is 6.92 Å². The summed E-state index contributed by atoms with van der Waals surface area (Å²) < 4.78 is 0. The molecule has 0 heterocycles. The average Bonchev–Trinajstić information content (AvgIpc) is 1.94. The first-order chi connectivity index (χ1) is 4.41. The third-order valence-corrected chi connectivity index (χ3v) is 1.15. The van der Waals surface area contributed by atoms with E-state index in [0.717, 1.165) is 18.7 Å². The van der Waals surface area contributed by atoms with Crippen molar-refractivity contribution in [3.63, 3.8) is 0 Å². The summed E-state index contributed by atoms with van der Waals surface area (Å²) in [6.45, 7) is 3.71. The Morgan fingerprint density at radius 3 is 2.11 bits per heavy atom. The molecule has 0 amide bonds. The molecule has 0 saturated carbocycles. The van der Waals surface area contributed by atoms with Crippen LogP contribution in [0.3, 0.4) is 0 Å². The Morgan fingerprint density at radius 2 is 1.78 bits per heavy atom. The van der Waals surface area contributed by atoms with Crippen molar-refractivity contribution < 1.29 is 16.3 Å². The first kappa shape index (κ1) is 13.0. The standard InChI is InChI=1S/C6H12Cl.BrH.Zn/c1-2-3-4-5-6-7;;/h1-6H2;1H;/q-1;;+2/p-1. The molecule has 0 aliphatic heterocycles. The van der Waals surface area contributed by atoms with E-state index in [1.807, 2.05) is 0 Å². The third-order valence-electron chi connectivity index (χ3n) is 0.884. The molecule has 0 aromatic rings. The van der Waals surface area contributed by atoms with Gasteiger partial charge in [-0.2, -0.15) is 6.42 Å². The van der Waals surface area contributed by atoms with E-state index in [2.05, 4.69) is 20.5 Å². The van der Waals surface area contributed by atoms with Gasteiger partial charge in [-0.15, -0.1) is 11.6 Å². The van der Waals surface area contributed by atoms with Gasteiger partial charge in [-0.05, 0) is 6.42 Å². The van der Waals surface area contributed by atoms with Crippen molar-refractivity contribution in [2.75, 3.05) is 5.88 Å². The maximum atomic E-state index is 5.42. The van der Waals surface area contributed by atoms with Crippen LogP contribution < -0.4 is 0 Å². The first-order valence-electron chi connectivity index (χ1n) is 3.03. The molecule has 0 aliphatic carbocycles. The second kappa shape index (κ2) is 16.2. The van der Waals surface area contributed by atoms with E-state index in [1.54, 1.807) is 0 Å². The molecule has 0 atom stereocenters. The van der Waals surface area contributed by atoms with E-state index in [-0.39, 0.29) is 0 Å². The molecule has 0 nitrogen and oxygen atoms in total. The second-order valence-corrected chi connectivity index (χ2v) is 1.98. The molecule has 0 aromatic heterocycles. The molecule has 0 N–H and O–H groups in total. The van der Waals surface area contributed by atoms with Gasteiger partial charge in [-0.1, -0.05) is 12.8 Å². The Labute approximate surface area is 79.8 Å². The minimum absolute atomic E-state index is 0.806. The van der Waals surface area contributed by atoms with Gasteiger partial charge >= 0.3 is 30.0 Å². The number of hydrogen-bond donors (Lipinski definition) is 0. The van der Waals surface area contributed by atoms with Gasteiger partial charge in [0.15, 0.2) is 0 Å². The Hall–Kier alpha value is 1.39. The van der Waals surface area contributed by atoms with E-state index in [1.165, 1.54) is 29.2 Å². The summed E-state index contributed by atoms with van der Waals surface area (Å²) in [5.74, 6) is 0.806. The summed E-state index contributed by atoms with van der Waals surface area (Å²) in [6, 6.07) is 0. The van der Waals surface area contributed by atoms with Crippen LogP contribution in [0.15, 0.2) is 0 Å². The fourth-order valence-electron chi connectivity index (χ4n) is 0.448. The average molecular weight is 265 g/mol. The van der Waals surface area contributed by atoms with Crippen molar-refractivity contribution in [2.24, 2.45) is 0 Å². The number of halogens is 2. The van der Waals surface area contributed by atoms with Gasteiger partial charge in [-0.25, -0.2) is 0 Å². The van der Waals surface area contributed by atoms with Crippen molar-refractivity contribution in [1.29, 1.82) is 0 Å². The summed E-state index contributed by atoms with van der Waals surface area (Å²) in [5.41, 5.74) is 0. The summed E-state index contributed by atoms with van der Waals surface area (Å²) in [4.78, 5) is 0. The summed E-state index contributed by atoms with van der Waals surface area (Å²) in [5, 5.41) is 0. The molecule has 0 saturated heterocycles. The molecule has 0 fully saturated rings. The van der Waals surface area contributed by atoms with Crippen LogP contribution >= 0.6 is 25.2 Å². The molecule has 0 bridgehead atoms. The maximum absolute atomic E-state index is 5.42. The van der Waals surface area contributed by atoms with Gasteiger partial charge in [0, 0.05) is 5.88 Å². The Kier molecular flexibility index (Phi) is 23.4. The second-order valence-electron chi connectivity index (χ2n) is 1.60. The van der Waals surface area contributed by atoms with Crippen LogP contribution in [0.5, 0.6) is 0 Å². The van der Waals surface area contributed by atoms with Crippen molar-refractivity contribution in [2.45, 2.75) is 25.7 Å². The molecule has 0 radical (unpaired) electrons. The van der Waals surface area contributed by atoms with E-state index < -0.39 is 0 Å². The first-order valence-corrected chi connectivity index (χ1v) is 10.5. The Morgan fingerprint density at radius 1 is 1.22 bits per heavy atom. The summed E-state index contributed by atoms with van der Waals surface area (Å²) in [6.07, 6.45) is 4.67. The normalized spacial score (nSPS) is 8.11. The van der Waals surface area contributed by atoms with Crippen LogP contribution in [0.4, 0.5) is 0 Å². The van der Waals surface area contributed by atoms with Crippen LogP contribution in [-0.4, -0.2) is 5.88 Å². The SMILES string of the molecule is [CH2-]CCCCCCl.[Zn+][Br]. The molecular weight excluding hydrogens is 253 g/mol.